The molecule has 2 amide bonds. The maximum atomic E-state index is 12.3. The molecular formula is C17H19N3O2. The molecule has 0 aliphatic carbocycles. The van der Waals surface area contributed by atoms with E-state index in [-0.39, 0.29) is 16.9 Å². The van der Waals surface area contributed by atoms with Gasteiger partial charge < -0.3 is 11.1 Å². The van der Waals surface area contributed by atoms with Crippen molar-refractivity contribution in [3.63, 3.8) is 0 Å². The summed E-state index contributed by atoms with van der Waals surface area (Å²) in [6, 6.07) is 8.93. The highest BCUT2D eigenvalue weighted by Crippen LogP contribution is 2.22. The van der Waals surface area contributed by atoms with Crippen LogP contribution in [0.15, 0.2) is 42.7 Å². The first kappa shape index (κ1) is 15.7. The number of aromatic nitrogens is 1. The smallest absolute Gasteiger partial charge is 0.255 e. The lowest BCUT2D eigenvalue weighted by atomic mass is 9.87. The summed E-state index contributed by atoms with van der Waals surface area (Å²) < 4.78 is 0. The molecule has 1 aromatic carbocycles. The van der Waals surface area contributed by atoms with Crippen LogP contribution in [0.1, 0.15) is 47.1 Å². The topological polar surface area (TPSA) is 85.1 Å². The highest BCUT2D eigenvalue weighted by molar-refractivity contribution is 6.08. The molecule has 0 aliphatic rings. The number of benzene rings is 1. The van der Waals surface area contributed by atoms with Gasteiger partial charge in [0.25, 0.3) is 11.8 Å². The summed E-state index contributed by atoms with van der Waals surface area (Å²) in [5.41, 5.74) is 7.49. The number of hydrogen-bond acceptors (Lipinski definition) is 3. The number of nitrogens with two attached hydrogens (primary N) is 1. The summed E-state index contributed by atoms with van der Waals surface area (Å²) in [6.07, 6.45) is 2.82. The second-order valence-electron chi connectivity index (χ2n) is 6.07. The minimum atomic E-state index is -0.633. The zero-order valence-electron chi connectivity index (χ0n) is 12.9. The lowest BCUT2D eigenvalue weighted by molar-refractivity contribution is 0.100. The molecular weight excluding hydrogens is 278 g/mol. The Morgan fingerprint density at radius 1 is 1.09 bits per heavy atom. The normalized spacial score (nSPS) is 11.0. The fourth-order valence-electron chi connectivity index (χ4n) is 2.02. The van der Waals surface area contributed by atoms with Crippen LogP contribution in [0.4, 0.5) is 5.69 Å². The van der Waals surface area contributed by atoms with E-state index in [0.29, 0.717) is 11.3 Å². The average Bonchev–Trinajstić information content (AvgIpc) is 2.46. The molecule has 0 atom stereocenters. The summed E-state index contributed by atoms with van der Waals surface area (Å²) in [4.78, 5) is 27.4. The number of pyridine rings is 1. The predicted octanol–water partition coefficient (Wildman–Crippen LogP) is 2.73. The Balaban J connectivity index is 2.22. The van der Waals surface area contributed by atoms with Gasteiger partial charge >= 0.3 is 0 Å². The van der Waals surface area contributed by atoms with E-state index in [1.165, 1.54) is 12.4 Å². The van der Waals surface area contributed by atoms with E-state index < -0.39 is 5.91 Å². The molecule has 5 heteroatoms. The van der Waals surface area contributed by atoms with Gasteiger partial charge in [-0.1, -0.05) is 32.9 Å². The lowest BCUT2D eigenvalue weighted by Gasteiger charge is -2.19. The molecule has 2 aromatic rings. The molecule has 5 nitrogen and oxygen atoms in total. The van der Waals surface area contributed by atoms with Gasteiger partial charge in [-0.05, 0) is 29.2 Å². The highest BCUT2D eigenvalue weighted by Gasteiger charge is 2.15. The van der Waals surface area contributed by atoms with Crippen LogP contribution in [0.25, 0.3) is 0 Å². The van der Waals surface area contributed by atoms with Crippen LogP contribution in [0.5, 0.6) is 0 Å². The number of amides is 2. The molecule has 1 aromatic heterocycles. The Labute approximate surface area is 129 Å². The number of nitrogens with zero attached hydrogens (tertiary/aromatic N) is 1. The third-order valence-corrected chi connectivity index (χ3v) is 3.35. The summed E-state index contributed by atoms with van der Waals surface area (Å²) in [5.74, 6) is -0.930. The molecule has 0 aliphatic heterocycles. The monoisotopic (exact) mass is 297 g/mol. The third-order valence-electron chi connectivity index (χ3n) is 3.35. The van der Waals surface area contributed by atoms with Gasteiger partial charge in [0.2, 0.25) is 0 Å². The van der Waals surface area contributed by atoms with Crippen LogP contribution in [0.3, 0.4) is 0 Å². The maximum Gasteiger partial charge on any atom is 0.255 e. The van der Waals surface area contributed by atoms with Gasteiger partial charge in [0.05, 0.1) is 11.3 Å². The zero-order valence-corrected chi connectivity index (χ0v) is 12.9. The van der Waals surface area contributed by atoms with E-state index in [2.05, 4.69) is 31.1 Å². The molecule has 1 heterocycles. The minimum Gasteiger partial charge on any atom is -0.365 e. The fraction of sp³-hybridized carbons (Fsp3) is 0.235. The number of anilines is 1. The van der Waals surface area contributed by atoms with Crippen LogP contribution < -0.4 is 11.1 Å². The van der Waals surface area contributed by atoms with Crippen LogP contribution in [-0.2, 0) is 5.41 Å². The highest BCUT2D eigenvalue weighted by atomic mass is 16.2. The number of rotatable bonds is 3. The first-order valence-electron chi connectivity index (χ1n) is 6.95. The van der Waals surface area contributed by atoms with E-state index in [1.807, 2.05) is 12.1 Å². The summed E-state index contributed by atoms with van der Waals surface area (Å²) in [7, 11) is 0. The molecule has 0 radical (unpaired) electrons. The van der Waals surface area contributed by atoms with Gasteiger partial charge in [-0.2, -0.15) is 0 Å². The van der Waals surface area contributed by atoms with Crippen molar-refractivity contribution in [3.8, 4) is 0 Å². The van der Waals surface area contributed by atoms with Crippen LogP contribution in [0.2, 0.25) is 0 Å². The average molecular weight is 297 g/mol. The Hall–Kier alpha value is -2.69. The predicted molar refractivity (Wildman–Crippen MR) is 85.9 cm³/mol. The number of hydrogen-bond donors (Lipinski definition) is 2. The van der Waals surface area contributed by atoms with E-state index in [9.17, 15) is 9.59 Å². The van der Waals surface area contributed by atoms with Crippen molar-refractivity contribution in [3.05, 3.63) is 59.4 Å². The number of primary amides is 1. The molecule has 22 heavy (non-hydrogen) atoms. The Morgan fingerprint density at radius 2 is 1.73 bits per heavy atom. The van der Waals surface area contributed by atoms with E-state index in [1.54, 1.807) is 18.2 Å². The lowest BCUT2D eigenvalue weighted by Crippen LogP contribution is -2.19. The zero-order chi connectivity index (χ0) is 16.3. The second kappa shape index (κ2) is 5.97. The first-order valence-corrected chi connectivity index (χ1v) is 6.95. The van der Waals surface area contributed by atoms with E-state index in [4.69, 9.17) is 5.73 Å². The third kappa shape index (κ3) is 3.49. The summed E-state index contributed by atoms with van der Waals surface area (Å²) in [5, 5.41) is 2.69. The van der Waals surface area contributed by atoms with Gasteiger partial charge in [0.1, 0.15) is 0 Å². The summed E-state index contributed by atoms with van der Waals surface area (Å²) >= 11 is 0. The Morgan fingerprint density at radius 3 is 2.27 bits per heavy atom. The molecule has 0 spiro atoms. The second-order valence-corrected chi connectivity index (χ2v) is 6.07. The van der Waals surface area contributed by atoms with E-state index >= 15 is 0 Å². The van der Waals surface area contributed by atoms with Crippen molar-refractivity contribution >= 4 is 17.5 Å². The van der Waals surface area contributed by atoms with Crippen molar-refractivity contribution in [1.82, 2.24) is 4.98 Å². The van der Waals surface area contributed by atoms with Gasteiger partial charge in [-0.3, -0.25) is 14.6 Å². The minimum absolute atomic E-state index is 0.0270. The molecule has 0 saturated carbocycles. The van der Waals surface area contributed by atoms with Crippen molar-refractivity contribution < 1.29 is 9.59 Å². The van der Waals surface area contributed by atoms with E-state index in [0.717, 1.165) is 5.56 Å². The molecule has 0 fully saturated rings. The fourth-order valence-corrected chi connectivity index (χ4v) is 2.02. The van der Waals surface area contributed by atoms with Crippen molar-refractivity contribution in [2.45, 2.75) is 26.2 Å². The summed E-state index contributed by atoms with van der Waals surface area (Å²) in [6.45, 7) is 6.33. The Bertz CT molecular complexity index is 701. The SMILES string of the molecule is CC(C)(C)c1ccc(C(=O)Nc2ccncc2C(N)=O)cc1. The van der Waals surface area contributed by atoms with Crippen molar-refractivity contribution in [1.29, 1.82) is 0 Å². The quantitative estimate of drug-likeness (QED) is 0.913. The van der Waals surface area contributed by atoms with Gasteiger partial charge in [-0.25, -0.2) is 0 Å². The largest absolute Gasteiger partial charge is 0.365 e. The van der Waals surface area contributed by atoms with Gasteiger partial charge in [0.15, 0.2) is 0 Å². The van der Waals surface area contributed by atoms with Gasteiger partial charge in [0, 0.05) is 18.0 Å². The first-order chi connectivity index (χ1) is 10.3. The molecule has 0 bridgehead atoms. The molecule has 0 saturated heterocycles. The Kier molecular flexibility index (Phi) is 4.26. The van der Waals surface area contributed by atoms with Crippen molar-refractivity contribution in [2.75, 3.05) is 5.32 Å². The molecule has 2 rings (SSSR count). The standard InChI is InChI=1S/C17H19N3O2/c1-17(2,3)12-6-4-11(5-7-12)16(22)20-14-8-9-19-10-13(14)15(18)21/h4-10H,1-3H3,(H2,18,21)(H,19,20,22). The number of carbonyl (C=O) groups is 2. The molecule has 3 N–H and O–H groups in total. The van der Waals surface area contributed by atoms with Gasteiger partial charge in [-0.15, -0.1) is 0 Å². The number of carbonyl (C=O) groups excluding carboxylic acids is 2. The number of nitrogens with one attached hydrogen (secondary N) is 1. The van der Waals surface area contributed by atoms with Crippen LogP contribution in [0, 0.1) is 0 Å². The van der Waals surface area contributed by atoms with Crippen LogP contribution >= 0.6 is 0 Å². The molecule has 0 unspecified atom stereocenters. The maximum absolute atomic E-state index is 12.3. The van der Waals surface area contributed by atoms with Crippen molar-refractivity contribution in [2.24, 2.45) is 5.73 Å². The van der Waals surface area contributed by atoms with Crippen LogP contribution in [-0.4, -0.2) is 16.8 Å². The molecule has 114 valence electrons.